The average Bonchev–Trinajstić information content (AvgIpc) is 2.85. The predicted octanol–water partition coefficient (Wildman–Crippen LogP) is 3.98. The van der Waals surface area contributed by atoms with E-state index in [0.29, 0.717) is 42.7 Å². The van der Waals surface area contributed by atoms with E-state index in [2.05, 4.69) is 27.4 Å². The summed E-state index contributed by atoms with van der Waals surface area (Å²) in [7, 11) is 0. The zero-order chi connectivity index (χ0) is 25.9. The van der Waals surface area contributed by atoms with E-state index < -0.39 is 5.60 Å². The molecule has 3 heterocycles. The molecule has 2 aromatic heterocycles. The fourth-order valence-corrected chi connectivity index (χ4v) is 4.11. The lowest BCUT2D eigenvalue weighted by Gasteiger charge is -2.34. The maximum Gasteiger partial charge on any atom is 0.255 e. The van der Waals surface area contributed by atoms with Crippen molar-refractivity contribution in [3.05, 3.63) is 59.4 Å². The van der Waals surface area contributed by atoms with Crippen LogP contribution in [0, 0.1) is 6.92 Å². The first-order valence-corrected chi connectivity index (χ1v) is 12.2. The molecule has 1 aliphatic rings. The number of hydrogen-bond acceptors (Lipinski definition) is 8. The summed E-state index contributed by atoms with van der Waals surface area (Å²) in [4.78, 5) is 28.9. The molecule has 9 nitrogen and oxygen atoms in total. The maximum atomic E-state index is 13.0. The van der Waals surface area contributed by atoms with Crippen LogP contribution in [0.3, 0.4) is 0 Å². The minimum Gasteiger partial charge on any atom is -0.384 e. The van der Waals surface area contributed by atoms with Crippen molar-refractivity contribution in [2.24, 2.45) is 0 Å². The molecule has 1 saturated heterocycles. The van der Waals surface area contributed by atoms with Crippen LogP contribution >= 0.6 is 0 Å². The highest BCUT2D eigenvalue weighted by atomic mass is 16.5. The second-order valence-corrected chi connectivity index (χ2v) is 9.56. The number of amides is 1. The van der Waals surface area contributed by atoms with E-state index in [1.807, 2.05) is 38.1 Å². The van der Waals surface area contributed by atoms with Crippen LogP contribution in [0.15, 0.2) is 42.6 Å². The number of carbonyl (C=O) groups is 1. The van der Waals surface area contributed by atoms with Crippen LogP contribution in [-0.4, -0.2) is 58.3 Å². The van der Waals surface area contributed by atoms with E-state index in [1.54, 1.807) is 26.0 Å². The highest BCUT2D eigenvalue weighted by Crippen LogP contribution is 2.30. The van der Waals surface area contributed by atoms with Gasteiger partial charge in [0.25, 0.3) is 5.91 Å². The Bertz CT molecular complexity index is 1240. The molecule has 36 heavy (non-hydrogen) atoms. The van der Waals surface area contributed by atoms with Gasteiger partial charge < -0.3 is 25.4 Å². The van der Waals surface area contributed by atoms with Crippen molar-refractivity contribution in [3.63, 3.8) is 0 Å². The van der Waals surface area contributed by atoms with Crippen LogP contribution < -0.4 is 15.5 Å². The van der Waals surface area contributed by atoms with Gasteiger partial charge in [-0.05, 0) is 64.4 Å². The van der Waals surface area contributed by atoms with Crippen molar-refractivity contribution in [2.75, 3.05) is 41.8 Å². The number of anilines is 3. The standard InChI is InChI=1S/C27H34N6O3/c1-6-28-26-31-22(15-24(32-26)33-11-12-36-16-18(33)3)21-14-20(8-7-17(21)2)30-25(34)19-9-10-29-23(13-19)27(4,5)35/h7-10,13-15,18,35H,6,11-12,16H2,1-5H3,(H,30,34)(H,28,31,32)/t18-/m0/s1. The summed E-state index contributed by atoms with van der Waals surface area (Å²) < 4.78 is 5.60. The van der Waals surface area contributed by atoms with Gasteiger partial charge >= 0.3 is 0 Å². The monoisotopic (exact) mass is 490 g/mol. The van der Waals surface area contributed by atoms with E-state index >= 15 is 0 Å². The number of aryl methyl sites for hydroxylation is 1. The molecule has 9 heteroatoms. The molecule has 0 spiro atoms. The summed E-state index contributed by atoms with van der Waals surface area (Å²) in [5, 5.41) is 16.5. The van der Waals surface area contributed by atoms with E-state index in [1.165, 1.54) is 6.20 Å². The lowest BCUT2D eigenvalue weighted by molar-refractivity contribution is 0.0737. The molecule has 1 amide bonds. The molecule has 0 radical (unpaired) electrons. The summed E-state index contributed by atoms with van der Waals surface area (Å²) in [6, 6.07) is 11.2. The quantitative estimate of drug-likeness (QED) is 0.456. The molecule has 4 rings (SSSR count). The van der Waals surface area contributed by atoms with Crippen molar-refractivity contribution in [2.45, 2.75) is 46.3 Å². The van der Waals surface area contributed by atoms with Crippen LogP contribution in [0.5, 0.6) is 0 Å². The molecule has 3 aromatic rings. The van der Waals surface area contributed by atoms with Crippen molar-refractivity contribution in [1.82, 2.24) is 15.0 Å². The summed E-state index contributed by atoms with van der Waals surface area (Å²) in [6.07, 6.45) is 1.53. The molecular formula is C27H34N6O3. The Morgan fingerprint density at radius 2 is 2.03 bits per heavy atom. The molecular weight excluding hydrogens is 456 g/mol. The van der Waals surface area contributed by atoms with E-state index in [9.17, 15) is 9.90 Å². The van der Waals surface area contributed by atoms with E-state index in [0.717, 1.165) is 29.2 Å². The third kappa shape index (κ3) is 5.80. The molecule has 1 atom stereocenters. The molecule has 1 aromatic carbocycles. The van der Waals surface area contributed by atoms with Crippen LogP contribution in [0.25, 0.3) is 11.3 Å². The number of carbonyl (C=O) groups excluding carboxylic acids is 1. The minimum absolute atomic E-state index is 0.205. The van der Waals surface area contributed by atoms with Crippen LogP contribution in [0.4, 0.5) is 17.5 Å². The SMILES string of the molecule is CCNc1nc(-c2cc(NC(=O)c3ccnc(C(C)(C)O)c3)ccc2C)cc(N2CCOC[C@@H]2C)n1. The van der Waals surface area contributed by atoms with Gasteiger partial charge in [-0.25, -0.2) is 4.98 Å². The lowest BCUT2D eigenvalue weighted by atomic mass is 10.0. The maximum absolute atomic E-state index is 13.0. The molecule has 1 fully saturated rings. The summed E-state index contributed by atoms with van der Waals surface area (Å²) in [5.74, 6) is 1.13. The molecule has 0 saturated carbocycles. The fraction of sp³-hybridized carbons (Fsp3) is 0.407. The van der Waals surface area contributed by atoms with Gasteiger partial charge in [0.2, 0.25) is 5.95 Å². The topological polar surface area (TPSA) is 112 Å². The first-order valence-electron chi connectivity index (χ1n) is 12.2. The summed E-state index contributed by atoms with van der Waals surface area (Å²) in [6.45, 7) is 12.2. The molecule has 190 valence electrons. The van der Waals surface area contributed by atoms with Crippen LogP contribution in [0.2, 0.25) is 0 Å². The van der Waals surface area contributed by atoms with Gasteiger partial charge in [-0.3, -0.25) is 9.78 Å². The Morgan fingerprint density at radius 3 is 2.75 bits per heavy atom. The Balaban J connectivity index is 1.66. The number of aliphatic hydroxyl groups is 1. The van der Waals surface area contributed by atoms with Gasteiger partial charge in [0.1, 0.15) is 11.4 Å². The fourth-order valence-electron chi connectivity index (χ4n) is 4.11. The van der Waals surface area contributed by atoms with Crippen molar-refractivity contribution >= 4 is 23.4 Å². The van der Waals surface area contributed by atoms with Crippen LogP contribution in [0.1, 0.15) is 49.3 Å². The molecule has 0 aliphatic carbocycles. The van der Waals surface area contributed by atoms with Crippen LogP contribution in [-0.2, 0) is 10.3 Å². The van der Waals surface area contributed by atoms with Gasteiger partial charge in [-0.1, -0.05) is 6.07 Å². The number of nitrogens with zero attached hydrogens (tertiary/aromatic N) is 4. The first-order chi connectivity index (χ1) is 17.2. The Hall–Kier alpha value is -3.56. The zero-order valence-electron chi connectivity index (χ0n) is 21.5. The number of pyridine rings is 1. The van der Waals surface area contributed by atoms with E-state index in [4.69, 9.17) is 14.7 Å². The van der Waals surface area contributed by atoms with Gasteiger partial charge in [0.15, 0.2) is 0 Å². The number of ether oxygens (including phenoxy) is 1. The Labute approximate surface area is 212 Å². The number of morpholine rings is 1. The van der Waals surface area contributed by atoms with Crippen molar-refractivity contribution < 1.29 is 14.6 Å². The smallest absolute Gasteiger partial charge is 0.255 e. The second kappa shape index (κ2) is 10.6. The second-order valence-electron chi connectivity index (χ2n) is 9.56. The molecule has 3 N–H and O–H groups in total. The Kier molecular flexibility index (Phi) is 7.51. The number of hydrogen-bond donors (Lipinski definition) is 3. The third-order valence-corrected chi connectivity index (χ3v) is 6.13. The highest BCUT2D eigenvalue weighted by molar-refractivity contribution is 6.04. The Morgan fingerprint density at radius 1 is 1.22 bits per heavy atom. The van der Waals surface area contributed by atoms with Gasteiger partial charge in [-0.15, -0.1) is 0 Å². The van der Waals surface area contributed by atoms with Gasteiger partial charge in [-0.2, -0.15) is 4.98 Å². The minimum atomic E-state index is -1.14. The van der Waals surface area contributed by atoms with Gasteiger partial charge in [0.05, 0.1) is 30.6 Å². The average molecular weight is 491 g/mol. The normalized spacial score (nSPS) is 16.1. The lowest BCUT2D eigenvalue weighted by Crippen LogP contribution is -2.44. The van der Waals surface area contributed by atoms with E-state index in [-0.39, 0.29) is 11.9 Å². The summed E-state index contributed by atoms with van der Waals surface area (Å²) >= 11 is 0. The predicted molar refractivity (Wildman–Crippen MR) is 141 cm³/mol. The third-order valence-electron chi connectivity index (χ3n) is 6.13. The number of nitrogens with one attached hydrogen (secondary N) is 2. The zero-order valence-corrected chi connectivity index (χ0v) is 21.5. The highest BCUT2D eigenvalue weighted by Gasteiger charge is 2.23. The largest absolute Gasteiger partial charge is 0.384 e. The van der Waals surface area contributed by atoms with Gasteiger partial charge in [0, 0.05) is 42.2 Å². The number of benzene rings is 1. The molecule has 0 bridgehead atoms. The summed E-state index contributed by atoms with van der Waals surface area (Å²) in [5.41, 5.74) is 3.07. The number of aromatic nitrogens is 3. The molecule has 0 unspecified atom stereocenters. The van der Waals surface area contributed by atoms with Crippen molar-refractivity contribution in [3.8, 4) is 11.3 Å². The first kappa shape index (κ1) is 25.5. The molecule has 1 aliphatic heterocycles. The van der Waals surface area contributed by atoms with Crippen molar-refractivity contribution in [1.29, 1.82) is 0 Å². The number of rotatable bonds is 7.